The Morgan fingerprint density at radius 3 is 2.73 bits per heavy atom. The molecule has 0 atom stereocenters. The fraction of sp³-hybridized carbons (Fsp3) is 0.0476. The van der Waals surface area contributed by atoms with Crippen LogP contribution in [-0.4, -0.2) is 26.5 Å². The number of rotatable bonds is 6. The summed E-state index contributed by atoms with van der Waals surface area (Å²) in [6.45, 7) is 0.321. The normalized spacial score (nSPS) is 11.1. The van der Waals surface area contributed by atoms with Gasteiger partial charge in [0.2, 0.25) is 0 Å². The first kappa shape index (κ1) is 21.4. The number of hydrogen-bond acceptors (Lipinski definition) is 7. The zero-order valence-electron chi connectivity index (χ0n) is 16.4. The van der Waals surface area contributed by atoms with Crippen molar-refractivity contribution in [3.8, 4) is 17.1 Å². The Hall–Kier alpha value is -3.47. The third kappa shape index (κ3) is 4.40. The van der Waals surface area contributed by atoms with E-state index in [-0.39, 0.29) is 17.0 Å². The van der Waals surface area contributed by atoms with Crippen LogP contribution in [0.15, 0.2) is 53.1 Å². The molecule has 0 spiro atoms. The van der Waals surface area contributed by atoms with Crippen LogP contribution in [0.4, 0.5) is 10.1 Å². The Balaban J connectivity index is 1.28. The number of halogens is 3. The number of anilines is 1. The van der Waals surface area contributed by atoms with Gasteiger partial charge in [0.05, 0.1) is 16.1 Å². The van der Waals surface area contributed by atoms with Crippen LogP contribution in [0.1, 0.15) is 15.2 Å². The quantitative estimate of drug-likeness (QED) is 0.296. The molecule has 1 amide bonds. The van der Waals surface area contributed by atoms with Gasteiger partial charge in [-0.1, -0.05) is 23.2 Å². The molecule has 0 saturated carbocycles. The lowest BCUT2D eigenvalue weighted by molar-refractivity contribution is 0.102. The Bertz CT molecular complexity index is 1430. The summed E-state index contributed by atoms with van der Waals surface area (Å²) in [5.41, 5.74) is 1.19. The van der Waals surface area contributed by atoms with E-state index in [1.807, 2.05) is 0 Å². The molecule has 166 valence electrons. The Labute approximate surface area is 199 Å². The van der Waals surface area contributed by atoms with E-state index in [2.05, 4.69) is 25.9 Å². The predicted molar refractivity (Wildman–Crippen MR) is 122 cm³/mol. The monoisotopic (exact) mass is 503 g/mol. The van der Waals surface area contributed by atoms with Crippen molar-refractivity contribution in [2.24, 2.45) is 0 Å². The van der Waals surface area contributed by atoms with Gasteiger partial charge in [-0.05, 0) is 52.9 Å². The van der Waals surface area contributed by atoms with Gasteiger partial charge in [-0.15, -0.1) is 16.4 Å². The van der Waals surface area contributed by atoms with Gasteiger partial charge >= 0.3 is 0 Å². The molecule has 0 radical (unpaired) electrons. The van der Waals surface area contributed by atoms with Crippen molar-refractivity contribution < 1.29 is 18.3 Å². The van der Waals surface area contributed by atoms with Gasteiger partial charge in [0.1, 0.15) is 34.4 Å². The third-order valence-electron chi connectivity index (χ3n) is 4.70. The summed E-state index contributed by atoms with van der Waals surface area (Å²) in [6.07, 6.45) is 1.27. The molecule has 0 aliphatic heterocycles. The zero-order valence-corrected chi connectivity index (χ0v) is 18.8. The number of ether oxygens (including phenoxy) is 1. The van der Waals surface area contributed by atoms with Crippen LogP contribution in [0.2, 0.25) is 9.36 Å². The van der Waals surface area contributed by atoms with Crippen molar-refractivity contribution in [2.75, 3.05) is 5.32 Å². The van der Waals surface area contributed by atoms with Crippen molar-refractivity contribution in [1.82, 2.24) is 20.6 Å². The van der Waals surface area contributed by atoms with Crippen molar-refractivity contribution in [2.45, 2.75) is 6.61 Å². The van der Waals surface area contributed by atoms with Gasteiger partial charge in [-0.25, -0.2) is 9.49 Å². The maximum absolute atomic E-state index is 14.6. The van der Waals surface area contributed by atoms with Crippen LogP contribution in [-0.2, 0) is 6.61 Å². The minimum Gasteiger partial charge on any atom is -0.488 e. The van der Waals surface area contributed by atoms with E-state index in [1.165, 1.54) is 29.7 Å². The number of benzene rings is 2. The van der Waals surface area contributed by atoms with Crippen LogP contribution in [0.25, 0.3) is 22.4 Å². The average molecular weight is 504 g/mol. The first-order valence-electron chi connectivity index (χ1n) is 9.40. The van der Waals surface area contributed by atoms with Crippen LogP contribution >= 0.6 is 34.5 Å². The number of furan rings is 1. The summed E-state index contributed by atoms with van der Waals surface area (Å²) in [7, 11) is 0. The molecule has 0 bridgehead atoms. The largest absolute Gasteiger partial charge is 0.488 e. The summed E-state index contributed by atoms with van der Waals surface area (Å²) >= 11 is 13.2. The number of aromatic nitrogens is 4. The van der Waals surface area contributed by atoms with Crippen LogP contribution < -0.4 is 10.1 Å². The second-order valence-electron chi connectivity index (χ2n) is 6.83. The number of tetrazole rings is 1. The SMILES string of the molecule is O=C(Nc1ccc(OCc2cc(Cl)c(Cl)s2)cc1)c1coc2cc(-c3nnn[nH]3)c(F)cc12. The molecule has 0 aliphatic carbocycles. The molecule has 5 rings (SSSR count). The Morgan fingerprint density at radius 2 is 2.03 bits per heavy atom. The number of thiophene rings is 1. The summed E-state index contributed by atoms with van der Waals surface area (Å²) in [5, 5.41) is 16.6. The molecule has 33 heavy (non-hydrogen) atoms. The number of carbonyl (C=O) groups excluding carboxylic acids is 1. The smallest absolute Gasteiger partial charge is 0.259 e. The number of aromatic amines is 1. The van der Waals surface area contributed by atoms with E-state index < -0.39 is 11.7 Å². The molecule has 12 heteroatoms. The number of nitrogens with one attached hydrogen (secondary N) is 2. The van der Waals surface area contributed by atoms with Gasteiger partial charge in [0.25, 0.3) is 5.91 Å². The van der Waals surface area contributed by atoms with Crippen molar-refractivity contribution >= 4 is 57.1 Å². The number of carbonyl (C=O) groups is 1. The predicted octanol–water partition coefficient (Wildman–Crippen LogP) is 5.95. The minimum atomic E-state index is -0.591. The van der Waals surface area contributed by atoms with E-state index in [0.29, 0.717) is 38.4 Å². The fourth-order valence-electron chi connectivity index (χ4n) is 3.13. The second kappa shape index (κ2) is 8.81. The first-order valence-corrected chi connectivity index (χ1v) is 11.0. The number of H-pyrrole nitrogens is 1. The highest BCUT2D eigenvalue weighted by Crippen LogP contribution is 2.32. The first-order chi connectivity index (χ1) is 16.0. The van der Waals surface area contributed by atoms with Gasteiger partial charge < -0.3 is 14.5 Å². The highest BCUT2D eigenvalue weighted by Gasteiger charge is 2.19. The lowest BCUT2D eigenvalue weighted by atomic mass is 10.1. The maximum atomic E-state index is 14.6. The number of amides is 1. The second-order valence-corrected chi connectivity index (χ2v) is 8.97. The fourth-order valence-corrected chi connectivity index (χ4v) is 4.47. The molecule has 0 saturated heterocycles. The molecule has 0 fully saturated rings. The van der Waals surface area contributed by atoms with Crippen molar-refractivity contribution in [1.29, 1.82) is 0 Å². The molecule has 0 unspecified atom stereocenters. The summed E-state index contributed by atoms with van der Waals surface area (Å²) in [4.78, 5) is 13.6. The van der Waals surface area contributed by atoms with E-state index in [9.17, 15) is 9.18 Å². The van der Waals surface area contributed by atoms with E-state index in [1.54, 1.807) is 30.3 Å². The van der Waals surface area contributed by atoms with Gasteiger partial charge in [0.15, 0.2) is 5.82 Å². The average Bonchev–Trinajstić information content (AvgIpc) is 3.53. The minimum absolute atomic E-state index is 0.136. The highest BCUT2D eigenvalue weighted by atomic mass is 35.5. The van der Waals surface area contributed by atoms with Crippen LogP contribution in [0, 0.1) is 5.82 Å². The lowest BCUT2D eigenvalue weighted by Gasteiger charge is -2.07. The maximum Gasteiger partial charge on any atom is 0.259 e. The molecule has 3 heterocycles. The summed E-state index contributed by atoms with van der Waals surface area (Å²) in [6, 6.07) is 11.2. The molecule has 8 nitrogen and oxygen atoms in total. The topological polar surface area (TPSA) is 106 Å². The van der Waals surface area contributed by atoms with E-state index >= 15 is 0 Å². The number of fused-ring (bicyclic) bond motifs is 1. The lowest BCUT2D eigenvalue weighted by Crippen LogP contribution is -2.11. The highest BCUT2D eigenvalue weighted by molar-refractivity contribution is 7.16. The number of nitrogens with zero attached hydrogens (tertiary/aromatic N) is 3. The Morgan fingerprint density at radius 1 is 1.21 bits per heavy atom. The van der Waals surface area contributed by atoms with Crippen LogP contribution in [0.3, 0.4) is 0 Å². The molecular formula is C21H12Cl2FN5O3S. The molecule has 5 aromatic rings. The van der Waals surface area contributed by atoms with Gasteiger partial charge in [0, 0.05) is 16.0 Å². The zero-order chi connectivity index (χ0) is 22.9. The standard InChI is InChI=1S/C21H12Cl2FN5O3S/c22-16-5-12(33-19(16)23)8-31-11-3-1-10(2-4-11)25-21(30)15-9-32-18-7-14(17(24)6-13(15)18)20-26-28-29-27-20/h1-7,9H,8H2,(H,25,30)(H,26,27,28,29). The van der Waals surface area contributed by atoms with Gasteiger partial charge in [-0.2, -0.15) is 0 Å². The third-order valence-corrected chi connectivity index (χ3v) is 6.54. The molecule has 2 N–H and O–H groups in total. The number of hydrogen-bond donors (Lipinski definition) is 2. The van der Waals surface area contributed by atoms with E-state index in [0.717, 1.165) is 4.88 Å². The Kier molecular flexibility index (Phi) is 5.71. The molecule has 0 aliphatic rings. The van der Waals surface area contributed by atoms with Crippen molar-refractivity contribution in [3.63, 3.8) is 0 Å². The molecule has 3 aromatic heterocycles. The van der Waals surface area contributed by atoms with E-state index in [4.69, 9.17) is 32.4 Å². The van der Waals surface area contributed by atoms with Gasteiger partial charge in [-0.3, -0.25) is 4.79 Å². The summed E-state index contributed by atoms with van der Waals surface area (Å²) < 4.78 is 26.3. The van der Waals surface area contributed by atoms with Crippen molar-refractivity contribution in [3.05, 3.63) is 74.3 Å². The molecule has 2 aromatic carbocycles. The summed E-state index contributed by atoms with van der Waals surface area (Å²) in [5.74, 6) is -0.270. The van der Waals surface area contributed by atoms with Crippen LogP contribution in [0.5, 0.6) is 5.75 Å². The molecular weight excluding hydrogens is 492 g/mol.